The summed E-state index contributed by atoms with van der Waals surface area (Å²) in [6, 6.07) is 14.4. The highest BCUT2D eigenvalue weighted by molar-refractivity contribution is 7.99. The fraction of sp³-hybridized carbons (Fsp3) is 0.111. The molecular formula is C18H16N4O2S. The molecule has 1 N–H and O–H groups in total. The Bertz CT molecular complexity index is 816. The van der Waals surface area contributed by atoms with Gasteiger partial charge in [-0.1, -0.05) is 30.0 Å². The van der Waals surface area contributed by atoms with Gasteiger partial charge in [0, 0.05) is 30.9 Å². The molecule has 1 aromatic carbocycles. The van der Waals surface area contributed by atoms with E-state index in [0.29, 0.717) is 28.8 Å². The molecule has 0 bridgehead atoms. The largest absolute Gasteiger partial charge is 0.438 e. The fourth-order valence-corrected chi connectivity index (χ4v) is 2.66. The van der Waals surface area contributed by atoms with Crippen molar-refractivity contribution >= 4 is 17.7 Å². The molecule has 6 nitrogen and oxygen atoms in total. The molecule has 0 radical (unpaired) electrons. The molecule has 25 heavy (non-hydrogen) atoms. The molecule has 0 unspecified atom stereocenters. The van der Waals surface area contributed by atoms with E-state index in [1.54, 1.807) is 36.8 Å². The summed E-state index contributed by atoms with van der Waals surface area (Å²) in [6.45, 7) is 0.488. The number of nitrogens with zero attached hydrogens (tertiary/aromatic N) is 3. The lowest BCUT2D eigenvalue weighted by atomic mass is 10.2. The molecule has 0 spiro atoms. The van der Waals surface area contributed by atoms with Crippen LogP contribution in [0.1, 0.15) is 10.4 Å². The Labute approximate surface area is 149 Å². The number of rotatable bonds is 7. The molecule has 126 valence electrons. The molecule has 0 aliphatic heterocycles. The van der Waals surface area contributed by atoms with Crippen LogP contribution in [0.5, 0.6) is 11.6 Å². The van der Waals surface area contributed by atoms with Gasteiger partial charge in [-0.15, -0.1) is 0 Å². The predicted molar refractivity (Wildman–Crippen MR) is 95.8 cm³/mol. The first kappa shape index (κ1) is 16.9. The molecule has 0 aliphatic rings. The Balaban J connectivity index is 1.57. The number of nitrogens with one attached hydrogen (secondary N) is 1. The van der Waals surface area contributed by atoms with Gasteiger partial charge in [-0.3, -0.25) is 4.79 Å². The van der Waals surface area contributed by atoms with Gasteiger partial charge in [-0.2, -0.15) is 0 Å². The SMILES string of the molecule is O=C(NCCSc1ncccn1)c1cccnc1Oc1ccccc1. The van der Waals surface area contributed by atoms with Gasteiger partial charge in [0.05, 0.1) is 0 Å². The van der Waals surface area contributed by atoms with Crippen molar-refractivity contribution in [2.45, 2.75) is 5.16 Å². The number of pyridine rings is 1. The van der Waals surface area contributed by atoms with Gasteiger partial charge in [0.15, 0.2) is 5.16 Å². The fourth-order valence-electron chi connectivity index (χ4n) is 2.01. The van der Waals surface area contributed by atoms with Crippen molar-refractivity contribution in [1.29, 1.82) is 0 Å². The minimum Gasteiger partial charge on any atom is -0.438 e. The Morgan fingerprint density at radius 2 is 1.72 bits per heavy atom. The van der Waals surface area contributed by atoms with E-state index >= 15 is 0 Å². The quantitative estimate of drug-likeness (QED) is 0.400. The zero-order valence-electron chi connectivity index (χ0n) is 13.3. The second kappa shape index (κ2) is 8.79. The minimum absolute atomic E-state index is 0.228. The third kappa shape index (κ3) is 5.02. The Morgan fingerprint density at radius 1 is 0.960 bits per heavy atom. The molecule has 3 aromatic rings. The average molecular weight is 352 g/mol. The maximum atomic E-state index is 12.4. The van der Waals surface area contributed by atoms with E-state index in [-0.39, 0.29) is 11.8 Å². The lowest BCUT2D eigenvalue weighted by Gasteiger charge is -2.10. The highest BCUT2D eigenvalue weighted by Gasteiger charge is 2.13. The van der Waals surface area contributed by atoms with Gasteiger partial charge >= 0.3 is 0 Å². The minimum atomic E-state index is -0.228. The van der Waals surface area contributed by atoms with E-state index in [0.717, 1.165) is 0 Å². The number of carbonyl (C=O) groups excluding carboxylic acids is 1. The summed E-state index contributed by atoms with van der Waals surface area (Å²) in [6.07, 6.45) is 4.98. The molecule has 0 atom stereocenters. The summed E-state index contributed by atoms with van der Waals surface area (Å²) in [4.78, 5) is 24.8. The third-order valence-electron chi connectivity index (χ3n) is 3.13. The van der Waals surface area contributed by atoms with Crippen molar-refractivity contribution in [3.05, 3.63) is 72.7 Å². The number of amides is 1. The number of para-hydroxylation sites is 1. The van der Waals surface area contributed by atoms with E-state index in [1.807, 2.05) is 30.3 Å². The molecule has 0 aliphatic carbocycles. The van der Waals surface area contributed by atoms with E-state index in [4.69, 9.17) is 4.74 Å². The monoisotopic (exact) mass is 352 g/mol. The molecule has 7 heteroatoms. The summed E-state index contributed by atoms with van der Waals surface area (Å²) < 4.78 is 5.71. The number of carbonyl (C=O) groups is 1. The molecule has 1 amide bonds. The first-order valence-corrected chi connectivity index (χ1v) is 8.67. The number of thioether (sulfide) groups is 1. The number of aromatic nitrogens is 3. The van der Waals surface area contributed by atoms with E-state index < -0.39 is 0 Å². The van der Waals surface area contributed by atoms with Gasteiger partial charge in [-0.05, 0) is 30.3 Å². The van der Waals surface area contributed by atoms with E-state index in [1.165, 1.54) is 11.8 Å². The van der Waals surface area contributed by atoms with Gasteiger partial charge in [0.1, 0.15) is 11.3 Å². The number of benzene rings is 1. The van der Waals surface area contributed by atoms with Gasteiger partial charge in [0.2, 0.25) is 5.88 Å². The smallest absolute Gasteiger partial charge is 0.256 e. The van der Waals surface area contributed by atoms with Crippen LogP contribution < -0.4 is 10.1 Å². The molecular weight excluding hydrogens is 336 g/mol. The summed E-state index contributed by atoms with van der Waals surface area (Å²) in [7, 11) is 0. The van der Waals surface area contributed by atoms with Crippen molar-refractivity contribution in [3.8, 4) is 11.6 Å². The second-order valence-electron chi connectivity index (χ2n) is 4.91. The van der Waals surface area contributed by atoms with Crippen LogP contribution >= 0.6 is 11.8 Å². The second-order valence-corrected chi connectivity index (χ2v) is 5.97. The Kier molecular flexibility index (Phi) is 5.95. The Hall–Kier alpha value is -2.93. The maximum absolute atomic E-state index is 12.4. The van der Waals surface area contributed by atoms with Crippen LogP contribution in [0, 0.1) is 0 Å². The summed E-state index contributed by atoms with van der Waals surface area (Å²) >= 11 is 1.48. The molecule has 3 rings (SSSR count). The Morgan fingerprint density at radius 3 is 2.52 bits per heavy atom. The normalized spacial score (nSPS) is 10.2. The van der Waals surface area contributed by atoms with E-state index in [2.05, 4.69) is 20.3 Å². The summed E-state index contributed by atoms with van der Waals surface area (Å²) in [5, 5.41) is 3.55. The molecule has 0 saturated heterocycles. The third-order valence-corrected chi connectivity index (χ3v) is 4.01. The van der Waals surface area contributed by atoms with Crippen LogP contribution in [0.15, 0.2) is 72.3 Å². The van der Waals surface area contributed by atoms with E-state index in [9.17, 15) is 4.79 Å². The average Bonchev–Trinajstić information content (AvgIpc) is 2.67. The summed E-state index contributed by atoms with van der Waals surface area (Å²) in [5.41, 5.74) is 0.396. The first-order valence-electron chi connectivity index (χ1n) is 7.69. The van der Waals surface area contributed by atoms with Crippen LogP contribution in [0.4, 0.5) is 0 Å². The lowest BCUT2D eigenvalue weighted by Crippen LogP contribution is -2.26. The van der Waals surface area contributed by atoms with Crippen LogP contribution in [-0.2, 0) is 0 Å². The standard InChI is InChI=1S/C18H16N4O2S/c23-16(19-12-13-25-18-21-10-5-11-22-18)15-8-4-9-20-17(15)24-14-6-2-1-3-7-14/h1-11H,12-13H2,(H,19,23). The van der Waals surface area contributed by atoms with Gasteiger partial charge in [0.25, 0.3) is 5.91 Å². The predicted octanol–water partition coefficient (Wildman–Crippen LogP) is 3.19. The van der Waals surface area contributed by atoms with Gasteiger partial charge < -0.3 is 10.1 Å². The number of ether oxygens (including phenoxy) is 1. The summed E-state index contributed by atoms with van der Waals surface area (Å²) in [5.74, 6) is 1.36. The van der Waals surface area contributed by atoms with Crippen LogP contribution in [0.25, 0.3) is 0 Å². The zero-order chi connectivity index (χ0) is 17.3. The lowest BCUT2D eigenvalue weighted by molar-refractivity contribution is 0.0953. The molecule has 2 aromatic heterocycles. The maximum Gasteiger partial charge on any atom is 0.256 e. The highest BCUT2D eigenvalue weighted by atomic mass is 32.2. The van der Waals surface area contributed by atoms with Crippen molar-refractivity contribution in [3.63, 3.8) is 0 Å². The van der Waals surface area contributed by atoms with Crippen LogP contribution in [0.2, 0.25) is 0 Å². The number of hydrogen-bond donors (Lipinski definition) is 1. The van der Waals surface area contributed by atoms with Crippen LogP contribution in [0.3, 0.4) is 0 Å². The van der Waals surface area contributed by atoms with Crippen molar-refractivity contribution in [1.82, 2.24) is 20.3 Å². The van der Waals surface area contributed by atoms with Crippen molar-refractivity contribution in [2.24, 2.45) is 0 Å². The van der Waals surface area contributed by atoms with Crippen LogP contribution in [-0.4, -0.2) is 33.2 Å². The van der Waals surface area contributed by atoms with Crippen molar-refractivity contribution < 1.29 is 9.53 Å². The highest BCUT2D eigenvalue weighted by Crippen LogP contribution is 2.22. The zero-order valence-corrected chi connectivity index (χ0v) is 14.1. The topological polar surface area (TPSA) is 77.0 Å². The first-order chi connectivity index (χ1) is 12.3. The molecule has 0 saturated carbocycles. The van der Waals surface area contributed by atoms with Crippen molar-refractivity contribution in [2.75, 3.05) is 12.3 Å². The number of hydrogen-bond acceptors (Lipinski definition) is 6. The van der Waals surface area contributed by atoms with Gasteiger partial charge in [-0.25, -0.2) is 15.0 Å². The molecule has 2 heterocycles. The molecule has 0 fully saturated rings.